The molecule has 3 aromatic heterocycles. The fourth-order valence-corrected chi connectivity index (χ4v) is 4.43. The van der Waals surface area contributed by atoms with Crippen LogP contribution in [0, 0.1) is 6.92 Å². The molecule has 0 saturated heterocycles. The number of aromatic amines is 1. The number of benzene rings is 1. The first-order valence-electron chi connectivity index (χ1n) is 11.2. The van der Waals surface area contributed by atoms with Gasteiger partial charge in [-0.05, 0) is 49.6 Å². The Hall–Kier alpha value is -3.61. The number of pyridine rings is 2. The average Bonchev–Trinajstić information content (AvgIpc) is 3.26. The van der Waals surface area contributed by atoms with E-state index in [1.165, 1.54) is 32.1 Å². The highest BCUT2D eigenvalue weighted by atomic mass is 16.5. The molecule has 4 aromatic rings. The van der Waals surface area contributed by atoms with Gasteiger partial charge >= 0.3 is 0 Å². The Morgan fingerprint density at radius 2 is 1.91 bits per heavy atom. The van der Waals surface area contributed by atoms with E-state index < -0.39 is 0 Å². The van der Waals surface area contributed by atoms with Crippen molar-refractivity contribution in [3.8, 4) is 16.9 Å². The monoisotopic (exact) mass is 428 g/mol. The van der Waals surface area contributed by atoms with Crippen molar-refractivity contribution in [2.75, 3.05) is 17.7 Å². The number of rotatable bonds is 6. The number of ether oxygens (including phenoxy) is 1. The van der Waals surface area contributed by atoms with Gasteiger partial charge in [0.05, 0.1) is 19.0 Å². The fourth-order valence-electron chi connectivity index (χ4n) is 4.43. The summed E-state index contributed by atoms with van der Waals surface area (Å²) >= 11 is 0. The van der Waals surface area contributed by atoms with Crippen LogP contribution in [0.4, 0.5) is 17.3 Å². The quantitative estimate of drug-likeness (QED) is 0.358. The standard InChI is InChI=1S/C25H28N6O/c1-16-21(15-28-31-16)17-8-9-22(23(12-17)32-2)30-24-13-20-18(14-27-24)10-11-26-25(20)29-19-6-4-3-5-7-19/h8-15,19H,3-7H2,1-2H3,(H,26,29)(H,27,30)(H,28,31). The number of anilines is 3. The lowest BCUT2D eigenvalue weighted by molar-refractivity contribution is 0.417. The van der Waals surface area contributed by atoms with Gasteiger partial charge in [0.15, 0.2) is 0 Å². The second-order valence-corrected chi connectivity index (χ2v) is 8.38. The third-order valence-electron chi connectivity index (χ3n) is 6.20. The number of H-pyrrole nitrogens is 1. The summed E-state index contributed by atoms with van der Waals surface area (Å²) in [5.74, 6) is 2.43. The highest BCUT2D eigenvalue weighted by molar-refractivity contribution is 5.93. The normalized spacial score (nSPS) is 14.4. The van der Waals surface area contributed by atoms with Crippen LogP contribution >= 0.6 is 0 Å². The Labute approximate surface area is 187 Å². The first kappa shape index (κ1) is 20.3. The van der Waals surface area contributed by atoms with Crippen molar-refractivity contribution < 1.29 is 4.74 Å². The molecule has 1 aromatic carbocycles. The molecule has 3 N–H and O–H groups in total. The van der Waals surface area contributed by atoms with E-state index in [4.69, 9.17) is 4.74 Å². The van der Waals surface area contributed by atoms with E-state index in [9.17, 15) is 0 Å². The number of aromatic nitrogens is 4. The molecule has 3 heterocycles. The molecule has 0 atom stereocenters. The predicted octanol–water partition coefficient (Wildman–Crippen LogP) is 5.83. The van der Waals surface area contributed by atoms with E-state index in [-0.39, 0.29) is 0 Å². The Bertz CT molecular complexity index is 1230. The average molecular weight is 429 g/mol. The third-order valence-corrected chi connectivity index (χ3v) is 6.20. The van der Waals surface area contributed by atoms with Gasteiger partial charge in [0.1, 0.15) is 17.4 Å². The second kappa shape index (κ2) is 8.86. The molecule has 7 nitrogen and oxygen atoms in total. The Morgan fingerprint density at radius 1 is 1.03 bits per heavy atom. The molecular formula is C25H28N6O. The molecule has 1 saturated carbocycles. The zero-order chi connectivity index (χ0) is 21.9. The van der Waals surface area contributed by atoms with Crippen molar-refractivity contribution in [3.05, 3.63) is 54.6 Å². The Kier molecular flexibility index (Phi) is 5.62. The lowest BCUT2D eigenvalue weighted by atomic mass is 9.95. The smallest absolute Gasteiger partial charge is 0.142 e. The summed E-state index contributed by atoms with van der Waals surface area (Å²) in [5, 5.41) is 16.3. The second-order valence-electron chi connectivity index (χ2n) is 8.38. The molecule has 0 aliphatic heterocycles. The molecule has 0 spiro atoms. The SMILES string of the molecule is COc1cc(-c2cn[nH]c2C)ccc1Nc1cc2c(NC3CCCCC3)nccc2cn1. The van der Waals surface area contributed by atoms with Gasteiger partial charge in [-0.25, -0.2) is 9.97 Å². The van der Waals surface area contributed by atoms with Crippen molar-refractivity contribution in [1.29, 1.82) is 0 Å². The first-order chi connectivity index (χ1) is 15.7. The summed E-state index contributed by atoms with van der Waals surface area (Å²) in [5.41, 5.74) is 3.99. The third kappa shape index (κ3) is 4.10. The van der Waals surface area contributed by atoms with Crippen molar-refractivity contribution >= 4 is 28.1 Å². The Balaban J connectivity index is 1.43. The summed E-state index contributed by atoms with van der Waals surface area (Å²) in [4.78, 5) is 9.25. The number of hydrogen-bond acceptors (Lipinski definition) is 6. The zero-order valence-corrected chi connectivity index (χ0v) is 18.5. The molecule has 164 valence electrons. The number of aryl methyl sites for hydroxylation is 1. The van der Waals surface area contributed by atoms with Crippen LogP contribution in [0.25, 0.3) is 21.9 Å². The molecular weight excluding hydrogens is 400 g/mol. The van der Waals surface area contributed by atoms with E-state index in [0.717, 1.165) is 50.7 Å². The van der Waals surface area contributed by atoms with E-state index >= 15 is 0 Å². The molecule has 0 bridgehead atoms. The lowest BCUT2D eigenvalue weighted by Crippen LogP contribution is -2.22. The van der Waals surface area contributed by atoms with Crippen LogP contribution in [-0.4, -0.2) is 33.3 Å². The summed E-state index contributed by atoms with van der Waals surface area (Å²) in [6.07, 6.45) is 11.9. The highest BCUT2D eigenvalue weighted by Crippen LogP contribution is 2.34. The van der Waals surface area contributed by atoms with Gasteiger partial charge < -0.3 is 15.4 Å². The minimum absolute atomic E-state index is 0.491. The number of hydrogen-bond donors (Lipinski definition) is 3. The van der Waals surface area contributed by atoms with Crippen LogP contribution in [0.15, 0.2) is 48.9 Å². The largest absolute Gasteiger partial charge is 0.495 e. The van der Waals surface area contributed by atoms with Gasteiger partial charge in [0.25, 0.3) is 0 Å². The van der Waals surface area contributed by atoms with Crippen molar-refractivity contribution in [2.45, 2.75) is 45.1 Å². The number of methoxy groups -OCH3 is 1. The maximum Gasteiger partial charge on any atom is 0.142 e. The molecule has 7 heteroatoms. The number of fused-ring (bicyclic) bond motifs is 1. The minimum Gasteiger partial charge on any atom is -0.495 e. The molecule has 32 heavy (non-hydrogen) atoms. The molecule has 1 fully saturated rings. The molecule has 1 aliphatic carbocycles. The van der Waals surface area contributed by atoms with Crippen LogP contribution in [-0.2, 0) is 0 Å². The Morgan fingerprint density at radius 3 is 2.69 bits per heavy atom. The molecule has 5 rings (SSSR count). The van der Waals surface area contributed by atoms with Crippen LogP contribution in [0.3, 0.4) is 0 Å². The van der Waals surface area contributed by atoms with Gasteiger partial charge in [-0.3, -0.25) is 5.10 Å². The van der Waals surface area contributed by atoms with Crippen LogP contribution in [0.1, 0.15) is 37.8 Å². The summed E-state index contributed by atoms with van der Waals surface area (Å²) < 4.78 is 5.66. The maximum absolute atomic E-state index is 5.66. The van der Waals surface area contributed by atoms with Crippen LogP contribution in [0.2, 0.25) is 0 Å². The van der Waals surface area contributed by atoms with E-state index in [1.54, 1.807) is 7.11 Å². The highest BCUT2D eigenvalue weighted by Gasteiger charge is 2.15. The van der Waals surface area contributed by atoms with Gasteiger partial charge in [0, 0.05) is 40.5 Å². The van der Waals surface area contributed by atoms with E-state index in [1.807, 2.05) is 43.7 Å². The molecule has 0 radical (unpaired) electrons. The van der Waals surface area contributed by atoms with Gasteiger partial charge in [0.2, 0.25) is 0 Å². The zero-order valence-electron chi connectivity index (χ0n) is 18.5. The topological polar surface area (TPSA) is 87.8 Å². The number of nitrogens with one attached hydrogen (secondary N) is 3. The van der Waals surface area contributed by atoms with E-state index in [0.29, 0.717) is 6.04 Å². The van der Waals surface area contributed by atoms with Gasteiger partial charge in [-0.15, -0.1) is 0 Å². The van der Waals surface area contributed by atoms with Crippen molar-refractivity contribution in [2.24, 2.45) is 0 Å². The molecule has 0 amide bonds. The molecule has 1 aliphatic rings. The minimum atomic E-state index is 0.491. The van der Waals surface area contributed by atoms with Crippen LogP contribution < -0.4 is 15.4 Å². The fraction of sp³-hybridized carbons (Fsp3) is 0.320. The van der Waals surface area contributed by atoms with Crippen molar-refractivity contribution in [1.82, 2.24) is 20.2 Å². The van der Waals surface area contributed by atoms with Gasteiger partial charge in [-0.2, -0.15) is 5.10 Å². The summed E-state index contributed by atoms with van der Waals surface area (Å²) in [7, 11) is 1.68. The maximum atomic E-state index is 5.66. The van der Waals surface area contributed by atoms with Crippen molar-refractivity contribution in [3.63, 3.8) is 0 Å². The summed E-state index contributed by atoms with van der Waals surface area (Å²) in [6, 6.07) is 10.6. The van der Waals surface area contributed by atoms with Crippen LogP contribution in [0.5, 0.6) is 5.75 Å². The summed E-state index contributed by atoms with van der Waals surface area (Å²) in [6.45, 7) is 2.01. The number of nitrogens with zero attached hydrogens (tertiary/aromatic N) is 3. The predicted molar refractivity (Wildman–Crippen MR) is 129 cm³/mol. The van der Waals surface area contributed by atoms with E-state index in [2.05, 4.69) is 42.9 Å². The first-order valence-corrected chi connectivity index (χ1v) is 11.2. The molecule has 0 unspecified atom stereocenters. The van der Waals surface area contributed by atoms with Gasteiger partial charge in [-0.1, -0.05) is 25.3 Å². The lowest BCUT2D eigenvalue weighted by Gasteiger charge is -2.24.